The Morgan fingerprint density at radius 2 is 2.00 bits per heavy atom. The van der Waals surface area contributed by atoms with Crippen molar-refractivity contribution in [2.75, 3.05) is 6.61 Å². The van der Waals surface area contributed by atoms with Gasteiger partial charge in [-0.15, -0.1) is 0 Å². The van der Waals surface area contributed by atoms with Gasteiger partial charge in [0, 0.05) is 31.1 Å². The van der Waals surface area contributed by atoms with Crippen molar-refractivity contribution >= 4 is 28.7 Å². The van der Waals surface area contributed by atoms with E-state index < -0.39 is 0 Å². The number of carbonyl (C=O) groups is 1. The molecule has 3 rings (SSSR count). The van der Waals surface area contributed by atoms with Crippen molar-refractivity contribution in [2.24, 2.45) is 0 Å². The van der Waals surface area contributed by atoms with Gasteiger partial charge in [-0.05, 0) is 23.8 Å². The molecule has 0 unspecified atom stereocenters. The van der Waals surface area contributed by atoms with Gasteiger partial charge >= 0.3 is 5.97 Å². The molecule has 25 heavy (non-hydrogen) atoms. The second-order valence-corrected chi connectivity index (χ2v) is 6.14. The molecule has 0 N–H and O–H groups in total. The first-order valence-corrected chi connectivity index (χ1v) is 8.78. The van der Waals surface area contributed by atoms with Gasteiger partial charge in [0.05, 0.1) is 11.6 Å². The van der Waals surface area contributed by atoms with Crippen molar-refractivity contribution in [1.29, 1.82) is 0 Å². The summed E-state index contributed by atoms with van der Waals surface area (Å²) >= 11 is 6.02. The summed E-state index contributed by atoms with van der Waals surface area (Å²) in [5.41, 5.74) is 3.71. The number of aromatic nitrogens is 3. The van der Waals surface area contributed by atoms with Crippen LogP contribution in [0.25, 0.3) is 16.9 Å². The van der Waals surface area contributed by atoms with Crippen molar-refractivity contribution < 1.29 is 9.53 Å². The van der Waals surface area contributed by atoms with Gasteiger partial charge in [0.25, 0.3) is 0 Å². The average molecular weight is 358 g/mol. The summed E-state index contributed by atoms with van der Waals surface area (Å²) in [4.78, 5) is 20.2. The van der Waals surface area contributed by atoms with Crippen molar-refractivity contribution in [3.8, 4) is 5.69 Å². The molecular formula is C19H20ClN3O2. The zero-order valence-electron chi connectivity index (χ0n) is 14.3. The molecule has 5 nitrogen and oxygen atoms in total. The molecule has 0 bridgehead atoms. The molecule has 130 valence electrons. The van der Waals surface area contributed by atoms with Gasteiger partial charge in [0.15, 0.2) is 5.65 Å². The van der Waals surface area contributed by atoms with Crippen LogP contribution in [0.3, 0.4) is 0 Å². The van der Waals surface area contributed by atoms with E-state index in [1.165, 1.54) is 0 Å². The number of carbonyl (C=O) groups excluding carboxylic acids is 1. The van der Waals surface area contributed by atoms with Crippen LogP contribution in [-0.2, 0) is 22.4 Å². The van der Waals surface area contributed by atoms with Gasteiger partial charge in [-0.2, -0.15) is 0 Å². The Balaban J connectivity index is 1.85. The smallest absolute Gasteiger partial charge is 0.305 e. The van der Waals surface area contributed by atoms with E-state index in [0.29, 0.717) is 24.5 Å². The molecule has 0 saturated carbocycles. The van der Waals surface area contributed by atoms with Crippen LogP contribution < -0.4 is 0 Å². The summed E-state index contributed by atoms with van der Waals surface area (Å²) in [5.74, 6) is 0.772. The Morgan fingerprint density at radius 3 is 2.68 bits per heavy atom. The van der Waals surface area contributed by atoms with E-state index in [4.69, 9.17) is 16.3 Å². The fraction of sp³-hybridized carbons (Fsp3) is 0.316. The van der Waals surface area contributed by atoms with Crippen molar-refractivity contribution in [3.05, 3.63) is 52.9 Å². The zero-order valence-corrected chi connectivity index (χ0v) is 15.1. The Morgan fingerprint density at radius 1 is 1.24 bits per heavy atom. The fourth-order valence-electron chi connectivity index (χ4n) is 2.69. The van der Waals surface area contributed by atoms with Crippen LogP contribution >= 0.6 is 11.6 Å². The molecule has 0 amide bonds. The van der Waals surface area contributed by atoms with E-state index in [1.807, 2.05) is 34.9 Å². The summed E-state index contributed by atoms with van der Waals surface area (Å²) in [6.45, 7) is 4.26. The van der Waals surface area contributed by atoms with Crippen molar-refractivity contribution in [2.45, 2.75) is 33.1 Å². The average Bonchev–Trinajstić information content (AvgIpc) is 2.99. The maximum atomic E-state index is 11.2. The highest BCUT2D eigenvalue weighted by Gasteiger charge is 2.12. The summed E-state index contributed by atoms with van der Waals surface area (Å²) in [5, 5.41) is 0.580. The standard InChI is InChI=1S/C19H20ClN3O2/c1-3-17-22-16-11-14(20)12-21-19(16)23(17)15-7-5-13(6-8-15)9-10-25-18(24)4-2/h5-8,11-12H,3-4,9-10H2,1-2H3. The molecule has 0 aliphatic carbocycles. The van der Waals surface area contributed by atoms with E-state index in [-0.39, 0.29) is 5.97 Å². The zero-order chi connectivity index (χ0) is 17.8. The summed E-state index contributed by atoms with van der Waals surface area (Å²) in [7, 11) is 0. The van der Waals surface area contributed by atoms with Gasteiger partial charge < -0.3 is 4.74 Å². The van der Waals surface area contributed by atoms with Crippen molar-refractivity contribution in [3.63, 3.8) is 0 Å². The number of aryl methyl sites for hydroxylation is 1. The number of benzene rings is 1. The Bertz CT molecular complexity index is 888. The number of imidazole rings is 1. The second kappa shape index (κ2) is 7.66. The highest BCUT2D eigenvalue weighted by molar-refractivity contribution is 6.31. The predicted octanol–water partition coefficient (Wildman–Crippen LogP) is 4.13. The Labute approximate surface area is 151 Å². The first kappa shape index (κ1) is 17.4. The largest absolute Gasteiger partial charge is 0.465 e. The van der Waals surface area contributed by atoms with Gasteiger partial charge in [-0.25, -0.2) is 9.97 Å². The molecule has 1 aromatic carbocycles. The molecule has 2 aromatic heterocycles. The number of esters is 1. The predicted molar refractivity (Wildman–Crippen MR) is 98.2 cm³/mol. The number of halogens is 1. The molecule has 0 fully saturated rings. The number of nitrogens with zero attached hydrogens (tertiary/aromatic N) is 3. The van der Waals surface area contributed by atoms with Gasteiger partial charge in [-0.1, -0.05) is 37.6 Å². The molecule has 6 heteroatoms. The highest BCUT2D eigenvalue weighted by Crippen LogP contribution is 2.23. The molecule has 0 aliphatic rings. The molecule has 2 heterocycles. The fourth-order valence-corrected chi connectivity index (χ4v) is 2.84. The quantitative estimate of drug-likeness (QED) is 0.622. The molecule has 0 spiro atoms. The van der Waals surface area contributed by atoms with Crippen LogP contribution in [0.5, 0.6) is 0 Å². The lowest BCUT2D eigenvalue weighted by Gasteiger charge is -2.09. The number of pyridine rings is 1. The minimum atomic E-state index is -0.168. The summed E-state index contributed by atoms with van der Waals surface area (Å²) in [6.07, 6.45) is 3.54. The van der Waals surface area contributed by atoms with E-state index >= 15 is 0 Å². The minimum Gasteiger partial charge on any atom is -0.465 e. The molecule has 0 saturated heterocycles. The minimum absolute atomic E-state index is 0.168. The lowest BCUT2D eigenvalue weighted by molar-refractivity contribution is -0.143. The molecule has 0 atom stereocenters. The van der Waals surface area contributed by atoms with Gasteiger partial charge in [0.1, 0.15) is 11.3 Å². The maximum absolute atomic E-state index is 11.2. The van der Waals surface area contributed by atoms with Crippen LogP contribution in [0.4, 0.5) is 0 Å². The number of ether oxygens (including phenoxy) is 1. The third-order valence-corrected chi connectivity index (χ3v) is 4.19. The Kier molecular flexibility index (Phi) is 5.34. The van der Waals surface area contributed by atoms with Crippen LogP contribution in [0.1, 0.15) is 31.7 Å². The number of fused-ring (bicyclic) bond motifs is 1. The molecule has 3 aromatic rings. The maximum Gasteiger partial charge on any atom is 0.305 e. The lowest BCUT2D eigenvalue weighted by atomic mass is 10.1. The highest BCUT2D eigenvalue weighted by atomic mass is 35.5. The number of hydrogen-bond donors (Lipinski definition) is 0. The Hall–Kier alpha value is -2.40. The van der Waals surface area contributed by atoms with Gasteiger partial charge in [-0.3, -0.25) is 9.36 Å². The lowest BCUT2D eigenvalue weighted by Crippen LogP contribution is -2.06. The summed E-state index contributed by atoms with van der Waals surface area (Å²) in [6, 6.07) is 9.98. The van der Waals surface area contributed by atoms with E-state index in [0.717, 1.165) is 34.7 Å². The van der Waals surface area contributed by atoms with E-state index in [2.05, 4.69) is 16.9 Å². The van der Waals surface area contributed by atoms with E-state index in [1.54, 1.807) is 13.1 Å². The molecule has 0 aliphatic heterocycles. The topological polar surface area (TPSA) is 57.0 Å². The second-order valence-electron chi connectivity index (χ2n) is 5.70. The third kappa shape index (κ3) is 3.82. The van der Waals surface area contributed by atoms with Crippen molar-refractivity contribution in [1.82, 2.24) is 14.5 Å². The van der Waals surface area contributed by atoms with Crippen LogP contribution in [-0.4, -0.2) is 27.1 Å². The number of hydrogen-bond acceptors (Lipinski definition) is 4. The SMILES string of the molecule is CCC(=O)OCCc1ccc(-n2c(CC)nc3cc(Cl)cnc32)cc1. The monoisotopic (exact) mass is 357 g/mol. The normalized spacial score (nSPS) is 11.0. The first-order valence-electron chi connectivity index (χ1n) is 8.40. The third-order valence-electron chi connectivity index (χ3n) is 3.99. The molecule has 0 radical (unpaired) electrons. The first-order chi connectivity index (χ1) is 12.1. The number of rotatable bonds is 6. The van der Waals surface area contributed by atoms with Crippen LogP contribution in [0, 0.1) is 0 Å². The van der Waals surface area contributed by atoms with Crippen LogP contribution in [0.15, 0.2) is 36.5 Å². The van der Waals surface area contributed by atoms with Crippen LogP contribution in [0.2, 0.25) is 5.02 Å². The van der Waals surface area contributed by atoms with Gasteiger partial charge in [0.2, 0.25) is 0 Å². The molecular weight excluding hydrogens is 338 g/mol. The summed E-state index contributed by atoms with van der Waals surface area (Å²) < 4.78 is 7.17. The van der Waals surface area contributed by atoms with E-state index in [9.17, 15) is 4.79 Å².